The standard InChI is InChI=1S/C18H22N2O4S2/c1-20(26(22,23)17-10-8-15(24-2)9-11-17)14-18(21)19-12-13-25-16-6-4-3-5-7-16/h3-11H,12-14H2,1-2H3,(H,19,21). The molecular weight excluding hydrogens is 372 g/mol. The van der Waals surface area contributed by atoms with Crippen molar-refractivity contribution in [2.45, 2.75) is 9.79 Å². The molecule has 140 valence electrons. The minimum Gasteiger partial charge on any atom is -0.497 e. The molecule has 0 unspecified atom stereocenters. The molecule has 0 aliphatic rings. The third-order valence-corrected chi connectivity index (χ3v) is 6.40. The number of nitrogens with one attached hydrogen (secondary N) is 1. The fraction of sp³-hybridized carbons (Fsp3) is 0.278. The van der Waals surface area contributed by atoms with Gasteiger partial charge in [0.15, 0.2) is 0 Å². The molecule has 0 fully saturated rings. The van der Waals surface area contributed by atoms with Crippen LogP contribution in [0.1, 0.15) is 0 Å². The Bertz CT molecular complexity index is 809. The van der Waals surface area contributed by atoms with Crippen molar-refractivity contribution in [3.63, 3.8) is 0 Å². The van der Waals surface area contributed by atoms with E-state index in [-0.39, 0.29) is 17.3 Å². The highest BCUT2D eigenvalue weighted by atomic mass is 32.2. The van der Waals surface area contributed by atoms with E-state index in [1.807, 2.05) is 30.3 Å². The molecule has 0 aromatic heterocycles. The third kappa shape index (κ3) is 5.76. The molecule has 6 nitrogen and oxygen atoms in total. The van der Waals surface area contributed by atoms with Crippen molar-refractivity contribution >= 4 is 27.7 Å². The normalized spacial score (nSPS) is 11.3. The van der Waals surface area contributed by atoms with E-state index in [1.165, 1.54) is 26.3 Å². The molecule has 0 spiro atoms. The average molecular weight is 395 g/mol. The molecule has 2 aromatic rings. The number of carbonyl (C=O) groups is 1. The lowest BCUT2D eigenvalue weighted by Gasteiger charge is -2.17. The van der Waals surface area contributed by atoms with E-state index < -0.39 is 10.0 Å². The Hall–Kier alpha value is -2.03. The molecule has 8 heteroatoms. The predicted molar refractivity (Wildman–Crippen MR) is 103 cm³/mol. The van der Waals surface area contributed by atoms with E-state index in [9.17, 15) is 13.2 Å². The van der Waals surface area contributed by atoms with Gasteiger partial charge in [0.2, 0.25) is 15.9 Å². The van der Waals surface area contributed by atoms with Gasteiger partial charge in [0.1, 0.15) is 5.75 Å². The molecule has 2 aromatic carbocycles. The summed E-state index contributed by atoms with van der Waals surface area (Å²) in [5, 5.41) is 2.74. The lowest BCUT2D eigenvalue weighted by molar-refractivity contribution is -0.121. The number of rotatable bonds is 9. The first-order valence-corrected chi connectivity index (χ1v) is 10.4. The van der Waals surface area contributed by atoms with Gasteiger partial charge in [-0.25, -0.2) is 8.42 Å². The van der Waals surface area contributed by atoms with Gasteiger partial charge in [-0.3, -0.25) is 4.79 Å². The molecule has 0 aliphatic heterocycles. The molecule has 0 saturated carbocycles. The molecule has 0 radical (unpaired) electrons. The highest BCUT2D eigenvalue weighted by Gasteiger charge is 2.22. The van der Waals surface area contributed by atoms with E-state index in [4.69, 9.17) is 4.74 Å². The van der Waals surface area contributed by atoms with Gasteiger partial charge in [-0.2, -0.15) is 4.31 Å². The predicted octanol–water partition coefficient (Wildman–Crippen LogP) is 2.22. The number of ether oxygens (including phenoxy) is 1. The molecule has 0 heterocycles. The quantitative estimate of drug-likeness (QED) is 0.521. The Balaban J connectivity index is 1.81. The molecule has 0 aliphatic carbocycles. The van der Waals surface area contributed by atoms with Crippen LogP contribution in [0.2, 0.25) is 0 Å². The van der Waals surface area contributed by atoms with Crippen LogP contribution in [0.3, 0.4) is 0 Å². The van der Waals surface area contributed by atoms with Gasteiger partial charge in [0.05, 0.1) is 18.6 Å². The number of hydrogen-bond donors (Lipinski definition) is 1. The van der Waals surface area contributed by atoms with E-state index in [0.29, 0.717) is 18.0 Å². The molecule has 1 amide bonds. The first-order valence-electron chi connectivity index (χ1n) is 7.98. The van der Waals surface area contributed by atoms with Gasteiger partial charge >= 0.3 is 0 Å². The number of hydrogen-bond acceptors (Lipinski definition) is 5. The summed E-state index contributed by atoms with van der Waals surface area (Å²) in [5.74, 6) is 0.948. The van der Waals surface area contributed by atoms with E-state index in [2.05, 4.69) is 5.32 Å². The Kier molecular flexibility index (Phi) is 7.50. The van der Waals surface area contributed by atoms with Gasteiger partial charge in [0, 0.05) is 24.2 Å². The van der Waals surface area contributed by atoms with Crippen molar-refractivity contribution in [2.24, 2.45) is 0 Å². The molecule has 0 bridgehead atoms. The number of amides is 1. The zero-order valence-electron chi connectivity index (χ0n) is 14.7. The maximum Gasteiger partial charge on any atom is 0.243 e. The summed E-state index contributed by atoms with van der Waals surface area (Å²) in [6.07, 6.45) is 0. The van der Waals surface area contributed by atoms with Gasteiger partial charge in [-0.15, -0.1) is 11.8 Å². The van der Waals surface area contributed by atoms with E-state index >= 15 is 0 Å². The Morgan fingerprint density at radius 3 is 2.38 bits per heavy atom. The minimum absolute atomic E-state index is 0.119. The number of carbonyl (C=O) groups excluding carboxylic acids is 1. The second-order valence-electron chi connectivity index (χ2n) is 5.45. The van der Waals surface area contributed by atoms with Gasteiger partial charge in [0.25, 0.3) is 0 Å². The molecular formula is C18H22N2O4S2. The molecule has 2 rings (SSSR count). The number of sulfonamides is 1. The SMILES string of the molecule is COc1ccc(S(=O)(=O)N(C)CC(=O)NCCSc2ccccc2)cc1. The largest absolute Gasteiger partial charge is 0.497 e. The van der Waals surface area contributed by atoms with Crippen molar-refractivity contribution in [3.05, 3.63) is 54.6 Å². The van der Waals surface area contributed by atoms with Crippen LogP contribution in [0.4, 0.5) is 0 Å². The van der Waals surface area contributed by atoms with Crippen LogP contribution in [-0.2, 0) is 14.8 Å². The van der Waals surface area contributed by atoms with Crippen LogP contribution >= 0.6 is 11.8 Å². The monoisotopic (exact) mass is 394 g/mol. The van der Waals surface area contributed by atoms with Crippen LogP contribution in [-0.4, -0.2) is 51.6 Å². The summed E-state index contributed by atoms with van der Waals surface area (Å²) < 4.78 is 31.0. The fourth-order valence-electron chi connectivity index (χ4n) is 2.15. The highest BCUT2D eigenvalue weighted by molar-refractivity contribution is 7.99. The van der Waals surface area contributed by atoms with Crippen LogP contribution in [0.15, 0.2) is 64.4 Å². The van der Waals surface area contributed by atoms with E-state index in [0.717, 1.165) is 9.20 Å². The lowest BCUT2D eigenvalue weighted by Crippen LogP contribution is -2.39. The fourth-order valence-corrected chi connectivity index (χ4v) is 4.06. The summed E-state index contributed by atoms with van der Waals surface area (Å²) in [6, 6.07) is 15.9. The maximum atomic E-state index is 12.5. The molecule has 26 heavy (non-hydrogen) atoms. The van der Waals surface area contributed by atoms with Crippen molar-refractivity contribution in [3.8, 4) is 5.75 Å². The second-order valence-corrected chi connectivity index (χ2v) is 8.66. The number of benzene rings is 2. The van der Waals surface area contributed by atoms with Crippen LogP contribution in [0.5, 0.6) is 5.75 Å². The van der Waals surface area contributed by atoms with Crippen LogP contribution in [0.25, 0.3) is 0 Å². The number of likely N-dealkylation sites (N-methyl/N-ethyl adjacent to an activating group) is 1. The smallest absolute Gasteiger partial charge is 0.243 e. The highest BCUT2D eigenvalue weighted by Crippen LogP contribution is 2.18. The van der Waals surface area contributed by atoms with Crippen molar-refractivity contribution < 1.29 is 17.9 Å². The Labute approximate surface area is 158 Å². The minimum atomic E-state index is -3.72. The van der Waals surface area contributed by atoms with Gasteiger partial charge < -0.3 is 10.1 Å². The topological polar surface area (TPSA) is 75.7 Å². The van der Waals surface area contributed by atoms with Crippen LogP contribution in [0, 0.1) is 0 Å². The van der Waals surface area contributed by atoms with E-state index in [1.54, 1.807) is 23.9 Å². The number of nitrogens with zero attached hydrogens (tertiary/aromatic N) is 1. The first kappa shape index (κ1) is 20.3. The van der Waals surface area contributed by atoms with Crippen molar-refractivity contribution in [2.75, 3.05) is 33.0 Å². The Morgan fingerprint density at radius 1 is 1.12 bits per heavy atom. The summed E-state index contributed by atoms with van der Waals surface area (Å²) >= 11 is 1.63. The average Bonchev–Trinajstić information content (AvgIpc) is 2.66. The third-order valence-electron chi connectivity index (χ3n) is 3.57. The summed E-state index contributed by atoms with van der Waals surface area (Å²) in [6.45, 7) is 0.235. The molecule has 1 N–H and O–H groups in total. The zero-order valence-corrected chi connectivity index (χ0v) is 16.3. The first-order chi connectivity index (χ1) is 12.4. The maximum absolute atomic E-state index is 12.5. The molecule has 0 saturated heterocycles. The van der Waals surface area contributed by atoms with Crippen molar-refractivity contribution in [1.29, 1.82) is 0 Å². The van der Waals surface area contributed by atoms with Gasteiger partial charge in [-0.05, 0) is 36.4 Å². The molecule has 0 atom stereocenters. The number of methoxy groups -OCH3 is 1. The zero-order chi connectivity index (χ0) is 19.0. The lowest BCUT2D eigenvalue weighted by atomic mass is 10.3. The Morgan fingerprint density at radius 2 is 1.77 bits per heavy atom. The second kappa shape index (κ2) is 9.61. The van der Waals surface area contributed by atoms with Gasteiger partial charge in [-0.1, -0.05) is 18.2 Å². The number of thioether (sulfide) groups is 1. The summed E-state index contributed by atoms with van der Waals surface area (Å²) in [4.78, 5) is 13.2. The summed E-state index contributed by atoms with van der Waals surface area (Å²) in [5.41, 5.74) is 0. The van der Waals surface area contributed by atoms with Crippen LogP contribution < -0.4 is 10.1 Å². The van der Waals surface area contributed by atoms with Crippen molar-refractivity contribution in [1.82, 2.24) is 9.62 Å². The summed E-state index contributed by atoms with van der Waals surface area (Å²) in [7, 11) is -0.824.